The van der Waals surface area contributed by atoms with Crippen molar-refractivity contribution in [1.29, 1.82) is 0 Å². The van der Waals surface area contributed by atoms with E-state index in [4.69, 9.17) is 0 Å². The Kier molecular flexibility index (Phi) is 2.74. The van der Waals surface area contributed by atoms with E-state index >= 15 is 0 Å². The molecule has 0 unspecified atom stereocenters. The minimum absolute atomic E-state index is 0.0318. The van der Waals surface area contributed by atoms with Crippen LogP contribution < -0.4 is 0 Å². The highest BCUT2D eigenvalue weighted by atomic mass is 32.1. The van der Waals surface area contributed by atoms with Gasteiger partial charge in [0.25, 0.3) is 5.69 Å². The number of ketones is 1. The molecule has 2 aromatic rings. The molecule has 0 aliphatic heterocycles. The Morgan fingerprint density at radius 3 is 2.50 bits per heavy atom. The maximum Gasteiger partial charge on any atom is 0.269 e. The van der Waals surface area contributed by atoms with Gasteiger partial charge in [-0.05, 0) is 12.1 Å². The second-order valence-electron chi connectivity index (χ2n) is 2.97. The molecule has 1 heterocycles. The average Bonchev–Trinajstić information content (AvgIpc) is 2.81. The maximum atomic E-state index is 11.8. The lowest BCUT2D eigenvalue weighted by molar-refractivity contribution is -0.384. The van der Waals surface area contributed by atoms with Crippen LogP contribution in [0.25, 0.3) is 0 Å². The molecule has 0 saturated heterocycles. The summed E-state index contributed by atoms with van der Waals surface area (Å²) in [6.07, 6.45) is 1.54. The zero-order valence-corrected chi connectivity index (χ0v) is 8.81. The molecule has 0 aliphatic carbocycles. The van der Waals surface area contributed by atoms with Crippen LogP contribution in [0.4, 0.5) is 5.69 Å². The normalized spacial score (nSPS) is 10.0. The predicted molar refractivity (Wildman–Crippen MR) is 58.6 cm³/mol. The van der Waals surface area contributed by atoms with E-state index in [0.29, 0.717) is 10.6 Å². The zero-order valence-electron chi connectivity index (χ0n) is 7.99. The summed E-state index contributed by atoms with van der Waals surface area (Å²) >= 11 is 1.24. The van der Waals surface area contributed by atoms with E-state index in [1.165, 1.54) is 35.6 Å². The van der Waals surface area contributed by atoms with E-state index in [2.05, 4.69) is 4.98 Å². The van der Waals surface area contributed by atoms with Gasteiger partial charge in [-0.2, -0.15) is 0 Å². The average molecular weight is 234 g/mol. The van der Waals surface area contributed by atoms with Gasteiger partial charge in [0.05, 0.1) is 4.92 Å². The van der Waals surface area contributed by atoms with Crippen molar-refractivity contribution >= 4 is 22.8 Å². The summed E-state index contributed by atoms with van der Waals surface area (Å²) in [6.45, 7) is 0. The molecular weight excluding hydrogens is 228 g/mol. The Morgan fingerprint density at radius 2 is 2.00 bits per heavy atom. The fraction of sp³-hybridized carbons (Fsp3) is 0. The molecule has 0 radical (unpaired) electrons. The number of thiazole rings is 1. The molecule has 1 aromatic heterocycles. The van der Waals surface area contributed by atoms with E-state index in [9.17, 15) is 14.9 Å². The zero-order chi connectivity index (χ0) is 11.5. The number of non-ortho nitro benzene ring substituents is 1. The van der Waals surface area contributed by atoms with Crippen molar-refractivity contribution in [2.24, 2.45) is 0 Å². The summed E-state index contributed by atoms with van der Waals surface area (Å²) in [7, 11) is 0. The van der Waals surface area contributed by atoms with Crippen LogP contribution in [0.3, 0.4) is 0 Å². The number of hydrogen-bond acceptors (Lipinski definition) is 5. The van der Waals surface area contributed by atoms with E-state index in [0.717, 1.165) is 0 Å². The molecule has 0 fully saturated rings. The first-order valence-corrected chi connectivity index (χ1v) is 5.25. The summed E-state index contributed by atoms with van der Waals surface area (Å²) in [5.41, 5.74) is 0.372. The van der Waals surface area contributed by atoms with Gasteiger partial charge in [0.1, 0.15) is 0 Å². The Bertz CT molecular complexity index is 520. The summed E-state index contributed by atoms with van der Waals surface area (Å²) in [5, 5.41) is 12.5. The van der Waals surface area contributed by atoms with Crippen molar-refractivity contribution in [3.8, 4) is 0 Å². The van der Waals surface area contributed by atoms with Crippen molar-refractivity contribution < 1.29 is 9.72 Å². The van der Waals surface area contributed by atoms with Gasteiger partial charge >= 0.3 is 0 Å². The molecule has 0 aliphatic rings. The molecule has 0 atom stereocenters. The fourth-order valence-corrected chi connectivity index (χ4v) is 1.79. The first kappa shape index (κ1) is 10.4. The Balaban J connectivity index is 2.29. The summed E-state index contributed by atoms with van der Waals surface area (Å²) < 4.78 is 0. The molecule has 80 valence electrons. The standard InChI is InChI=1S/C10H6N2O3S/c13-9(10-11-5-6-16-10)7-1-3-8(4-2-7)12(14)15/h1-6H. The SMILES string of the molecule is O=C(c1ccc([N+](=O)[O-])cc1)c1nccs1. The third-order valence-electron chi connectivity index (χ3n) is 1.97. The second kappa shape index (κ2) is 4.19. The van der Waals surface area contributed by atoms with Gasteiger partial charge in [0.15, 0.2) is 5.01 Å². The second-order valence-corrected chi connectivity index (χ2v) is 3.86. The van der Waals surface area contributed by atoms with Crippen molar-refractivity contribution in [2.45, 2.75) is 0 Å². The van der Waals surface area contributed by atoms with Crippen molar-refractivity contribution in [2.75, 3.05) is 0 Å². The van der Waals surface area contributed by atoms with Gasteiger partial charge < -0.3 is 0 Å². The highest BCUT2D eigenvalue weighted by Crippen LogP contribution is 2.16. The first-order valence-electron chi connectivity index (χ1n) is 4.37. The predicted octanol–water partition coefficient (Wildman–Crippen LogP) is 2.28. The molecule has 0 N–H and O–H groups in total. The lowest BCUT2D eigenvalue weighted by Crippen LogP contribution is -2.00. The number of aromatic nitrogens is 1. The van der Waals surface area contributed by atoms with E-state index in [1.807, 2.05) is 0 Å². The van der Waals surface area contributed by atoms with Crippen LogP contribution in [0.1, 0.15) is 15.4 Å². The number of hydrogen-bond donors (Lipinski definition) is 0. The van der Waals surface area contributed by atoms with Crippen LogP contribution >= 0.6 is 11.3 Å². The van der Waals surface area contributed by atoms with Crippen LogP contribution in [0, 0.1) is 10.1 Å². The molecule has 0 spiro atoms. The minimum atomic E-state index is -0.502. The molecule has 5 nitrogen and oxygen atoms in total. The molecular formula is C10H6N2O3S. The number of nitro benzene ring substituents is 1. The van der Waals surface area contributed by atoms with E-state index in [-0.39, 0.29) is 11.5 Å². The summed E-state index contributed by atoms with van der Waals surface area (Å²) in [5.74, 6) is -0.218. The van der Waals surface area contributed by atoms with Gasteiger partial charge in [-0.1, -0.05) is 0 Å². The van der Waals surface area contributed by atoms with Gasteiger partial charge in [0, 0.05) is 29.3 Å². The molecule has 0 saturated carbocycles. The molecule has 2 rings (SSSR count). The van der Waals surface area contributed by atoms with Gasteiger partial charge in [-0.15, -0.1) is 11.3 Å². The summed E-state index contributed by atoms with van der Waals surface area (Å²) in [4.78, 5) is 25.6. The molecule has 1 aromatic carbocycles. The van der Waals surface area contributed by atoms with Gasteiger partial charge in [-0.25, -0.2) is 4.98 Å². The maximum absolute atomic E-state index is 11.8. The van der Waals surface area contributed by atoms with E-state index < -0.39 is 4.92 Å². The first-order chi connectivity index (χ1) is 7.68. The Labute approximate surface area is 94.5 Å². The van der Waals surface area contributed by atoms with Crippen LogP contribution in [-0.2, 0) is 0 Å². The number of rotatable bonds is 3. The van der Waals surface area contributed by atoms with Crippen molar-refractivity contribution in [1.82, 2.24) is 4.98 Å². The molecule has 0 bridgehead atoms. The minimum Gasteiger partial charge on any atom is -0.286 e. The lowest BCUT2D eigenvalue weighted by atomic mass is 10.1. The third kappa shape index (κ3) is 1.96. The van der Waals surface area contributed by atoms with Crippen LogP contribution in [0.5, 0.6) is 0 Å². The fourth-order valence-electron chi connectivity index (χ4n) is 1.19. The number of benzene rings is 1. The lowest BCUT2D eigenvalue weighted by Gasteiger charge is -1.96. The quantitative estimate of drug-likeness (QED) is 0.464. The van der Waals surface area contributed by atoms with Gasteiger partial charge in [-0.3, -0.25) is 14.9 Å². The highest BCUT2D eigenvalue weighted by Gasteiger charge is 2.13. The highest BCUT2D eigenvalue weighted by molar-refractivity contribution is 7.11. The van der Waals surface area contributed by atoms with Crippen LogP contribution in [0.2, 0.25) is 0 Å². The Hall–Kier alpha value is -2.08. The number of nitro groups is 1. The van der Waals surface area contributed by atoms with Gasteiger partial charge in [0.2, 0.25) is 5.78 Å². The van der Waals surface area contributed by atoms with Crippen LogP contribution in [-0.4, -0.2) is 15.7 Å². The molecule has 0 amide bonds. The monoisotopic (exact) mass is 234 g/mol. The van der Waals surface area contributed by atoms with Crippen molar-refractivity contribution in [3.05, 3.63) is 56.5 Å². The van der Waals surface area contributed by atoms with Crippen LogP contribution in [0.15, 0.2) is 35.8 Å². The number of carbonyl (C=O) groups excluding carboxylic acids is 1. The number of carbonyl (C=O) groups is 1. The van der Waals surface area contributed by atoms with E-state index in [1.54, 1.807) is 11.6 Å². The molecule has 6 heteroatoms. The third-order valence-corrected chi connectivity index (χ3v) is 2.74. The van der Waals surface area contributed by atoms with Crippen molar-refractivity contribution in [3.63, 3.8) is 0 Å². The smallest absolute Gasteiger partial charge is 0.269 e. The Morgan fingerprint density at radius 1 is 1.31 bits per heavy atom. The number of nitrogens with zero attached hydrogens (tertiary/aromatic N) is 2. The summed E-state index contributed by atoms with van der Waals surface area (Å²) in [6, 6.07) is 5.48. The largest absolute Gasteiger partial charge is 0.286 e. The topological polar surface area (TPSA) is 73.1 Å². The molecule has 16 heavy (non-hydrogen) atoms.